The highest BCUT2D eigenvalue weighted by Crippen LogP contribution is 2.30. The number of hydrogen-bond donors (Lipinski definition) is 2. The molecule has 0 saturated heterocycles. The molecular formula is C15H17F3N4O4. The summed E-state index contributed by atoms with van der Waals surface area (Å²) in [6.45, 7) is 4.96. The lowest BCUT2D eigenvalue weighted by molar-refractivity contribution is -0.137. The Bertz CT molecular complexity index is 840. The van der Waals surface area contributed by atoms with Crippen LogP contribution in [0.2, 0.25) is 0 Å². The minimum atomic E-state index is -4.62. The number of amides is 1. The standard InChI is InChI=1S/C15H17F3N4O4/c1-14(2,3)26-13(25)19-4-5-22-10-9(21-11(22)12(23)24)6-8(7-20-10)15(16,17)18/h6-7H,4-5H2,1-3H3,(H,19,25)(H,23,24). The van der Waals surface area contributed by atoms with E-state index in [0.29, 0.717) is 6.20 Å². The van der Waals surface area contributed by atoms with Crippen LogP contribution in [-0.2, 0) is 17.5 Å². The van der Waals surface area contributed by atoms with Gasteiger partial charge in [-0.15, -0.1) is 0 Å². The third kappa shape index (κ3) is 4.61. The normalized spacial score (nSPS) is 12.2. The number of aromatic carboxylic acids is 1. The predicted molar refractivity (Wildman–Crippen MR) is 83.7 cm³/mol. The van der Waals surface area contributed by atoms with E-state index in [2.05, 4.69) is 15.3 Å². The van der Waals surface area contributed by atoms with Crippen molar-refractivity contribution in [3.8, 4) is 0 Å². The number of nitrogens with zero attached hydrogens (tertiary/aromatic N) is 3. The molecule has 0 spiro atoms. The van der Waals surface area contributed by atoms with Gasteiger partial charge in [0, 0.05) is 19.3 Å². The summed E-state index contributed by atoms with van der Waals surface area (Å²) in [4.78, 5) is 30.3. The van der Waals surface area contributed by atoms with Gasteiger partial charge in [-0.3, -0.25) is 0 Å². The molecule has 2 heterocycles. The van der Waals surface area contributed by atoms with Crippen LogP contribution >= 0.6 is 0 Å². The maximum Gasteiger partial charge on any atom is 0.417 e. The highest BCUT2D eigenvalue weighted by Gasteiger charge is 2.32. The third-order valence-corrected chi connectivity index (χ3v) is 3.11. The van der Waals surface area contributed by atoms with Gasteiger partial charge in [-0.25, -0.2) is 19.6 Å². The summed E-state index contributed by atoms with van der Waals surface area (Å²) in [5, 5.41) is 11.6. The quantitative estimate of drug-likeness (QED) is 0.852. The van der Waals surface area contributed by atoms with E-state index in [0.717, 1.165) is 10.6 Å². The van der Waals surface area contributed by atoms with Crippen molar-refractivity contribution in [1.82, 2.24) is 19.9 Å². The van der Waals surface area contributed by atoms with Crippen molar-refractivity contribution in [1.29, 1.82) is 0 Å². The van der Waals surface area contributed by atoms with Crippen LogP contribution in [0, 0.1) is 0 Å². The molecule has 2 aromatic heterocycles. The summed E-state index contributed by atoms with van der Waals surface area (Å²) in [5.74, 6) is -1.90. The molecule has 0 bridgehead atoms. The number of carboxylic acid groups (broad SMARTS) is 1. The molecule has 0 unspecified atom stereocenters. The van der Waals surface area contributed by atoms with E-state index < -0.39 is 35.2 Å². The van der Waals surface area contributed by atoms with Gasteiger partial charge >= 0.3 is 18.2 Å². The fourth-order valence-corrected chi connectivity index (χ4v) is 2.12. The number of rotatable bonds is 4. The van der Waals surface area contributed by atoms with Crippen molar-refractivity contribution >= 4 is 23.2 Å². The molecule has 0 aliphatic carbocycles. The van der Waals surface area contributed by atoms with Gasteiger partial charge in [0.2, 0.25) is 5.82 Å². The summed E-state index contributed by atoms with van der Waals surface area (Å²) < 4.78 is 44.4. The molecule has 2 aromatic rings. The zero-order valence-electron chi connectivity index (χ0n) is 14.2. The molecule has 26 heavy (non-hydrogen) atoms. The molecule has 0 saturated carbocycles. The number of halogens is 3. The van der Waals surface area contributed by atoms with Crippen LogP contribution in [0.25, 0.3) is 11.2 Å². The van der Waals surface area contributed by atoms with Crippen molar-refractivity contribution in [2.75, 3.05) is 6.54 Å². The summed E-state index contributed by atoms with van der Waals surface area (Å²) >= 11 is 0. The minimum Gasteiger partial charge on any atom is -0.475 e. The molecule has 8 nitrogen and oxygen atoms in total. The second-order valence-corrected chi connectivity index (χ2v) is 6.39. The average molecular weight is 374 g/mol. The first-order chi connectivity index (χ1) is 11.9. The maximum atomic E-state index is 12.8. The lowest BCUT2D eigenvalue weighted by Crippen LogP contribution is -2.34. The number of carboxylic acids is 1. The number of nitrogens with one attached hydrogen (secondary N) is 1. The Balaban J connectivity index is 2.24. The molecule has 0 radical (unpaired) electrons. The van der Waals surface area contributed by atoms with Gasteiger partial charge in [0.15, 0.2) is 5.65 Å². The zero-order chi connectivity index (χ0) is 19.7. The molecule has 0 aliphatic rings. The van der Waals surface area contributed by atoms with Gasteiger partial charge in [0.25, 0.3) is 0 Å². The Morgan fingerprint density at radius 2 is 1.96 bits per heavy atom. The first-order valence-electron chi connectivity index (χ1n) is 7.52. The van der Waals surface area contributed by atoms with E-state index in [-0.39, 0.29) is 24.3 Å². The first kappa shape index (κ1) is 19.5. The fraction of sp³-hybridized carbons (Fsp3) is 0.467. The molecule has 2 rings (SSSR count). The van der Waals surface area contributed by atoms with Crippen molar-refractivity contribution in [3.63, 3.8) is 0 Å². The van der Waals surface area contributed by atoms with Gasteiger partial charge in [-0.05, 0) is 26.8 Å². The van der Waals surface area contributed by atoms with E-state index in [1.165, 1.54) is 0 Å². The second kappa shape index (κ2) is 6.81. The van der Waals surface area contributed by atoms with Gasteiger partial charge in [0.1, 0.15) is 11.1 Å². The summed E-state index contributed by atoms with van der Waals surface area (Å²) in [7, 11) is 0. The average Bonchev–Trinajstić information content (AvgIpc) is 2.83. The lowest BCUT2D eigenvalue weighted by atomic mass is 10.2. The molecule has 11 heteroatoms. The summed E-state index contributed by atoms with van der Waals surface area (Å²) in [6.07, 6.45) is -4.72. The number of aromatic nitrogens is 3. The number of alkyl carbamates (subject to hydrolysis) is 1. The number of hydrogen-bond acceptors (Lipinski definition) is 5. The Kier molecular flexibility index (Phi) is 5.10. The smallest absolute Gasteiger partial charge is 0.417 e. The number of pyridine rings is 1. The Morgan fingerprint density at radius 3 is 2.50 bits per heavy atom. The van der Waals surface area contributed by atoms with Crippen LogP contribution in [-0.4, -0.2) is 43.8 Å². The van der Waals surface area contributed by atoms with Crippen molar-refractivity contribution in [2.24, 2.45) is 0 Å². The van der Waals surface area contributed by atoms with E-state index in [1.54, 1.807) is 20.8 Å². The first-order valence-corrected chi connectivity index (χ1v) is 7.52. The summed E-state index contributed by atoms with van der Waals surface area (Å²) in [6, 6.07) is 0.729. The third-order valence-electron chi connectivity index (χ3n) is 3.11. The number of imidazole rings is 1. The van der Waals surface area contributed by atoms with Gasteiger partial charge in [-0.2, -0.15) is 13.2 Å². The van der Waals surface area contributed by atoms with E-state index in [1.807, 2.05) is 0 Å². The largest absolute Gasteiger partial charge is 0.475 e. The second-order valence-electron chi connectivity index (χ2n) is 6.39. The number of alkyl halides is 3. The van der Waals surface area contributed by atoms with Crippen LogP contribution in [0.4, 0.5) is 18.0 Å². The van der Waals surface area contributed by atoms with Crippen molar-refractivity contribution in [2.45, 2.75) is 39.1 Å². The van der Waals surface area contributed by atoms with Crippen molar-refractivity contribution < 1.29 is 32.6 Å². The van der Waals surface area contributed by atoms with Crippen LogP contribution in [0.15, 0.2) is 12.3 Å². The molecule has 0 aromatic carbocycles. The molecule has 0 atom stereocenters. The van der Waals surface area contributed by atoms with E-state index >= 15 is 0 Å². The number of carbonyl (C=O) groups excluding carboxylic acids is 1. The topological polar surface area (TPSA) is 106 Å². The van der Waals surface area contributed by atoms with Crippen LogP contribution in [0.3, 0.4) is 0 Å². The summed E-state index contributed by atoms with van der Waals surface area (Å²) in [5.41, 5.74) is -1.96. The van der Waals surface area contributed by atoms with Gasteiger partial charge < -0.3 is 19.7 Å². The molecule has 1 amide bonds. The molecule has 2 N–H and O–H groups in total. The maximum absolute atomic E-state index is 12.8. The van der Waals surface area contributed by atoms with E-state index in [4.69, 9.17) is 4.74 Å². The number of ether oxygens (including phenoxy) is 1. The Morgan fingerprint density at radius 1 is 1.31 bits per heavy atom. The number of carbonyl (C=O) groups is 2. The molecular weight excluding hydrogens is 357 g/mol. The minimum absolute atomic E-state index is 0.0244. The zero-order valence-corrected chi connectivity index (χ0v) is 14.2. The monoisotopic (exact) mass is 374 g/mol. The highest BCUT2D eigenvalue weighted by atomic mass is 19.4. The Labute approximate surface area is 146 Å². The molecule has 142 valence electrons. The fourth-order valence-electron chi connectivity index (χ4n) is 2.12. The molecule has 0 fully saturated rings. The van der Waals surface area contributed by atoms with Crippen LogP contribution in [0.5, 0.6) is 0 Å². The molecule has 0 aliphatic heterocycles. The van der Waals surface area contributed by atoms with Gasteiger partial charge in [0.05, 0.1) is 5.56 Å². The number of fused-ring (bicyclic) bond motifs is 1. The highest BCUT2D eigenvalue weighted by molar-refractivity contribution is 5.88. The van der Waals surface area contributed by atoms with Crippen LogP contribution in [0.1, 0.15) is 37.0 Å². The SMILES string of the molecule is CC(C)(C)OC(=O)NCCn1c(C(=O)O)nc2cc(C(F)(F)F)cnc21. The Hall–Kier alpha value is -2.85. The van der Waals surface area contributed by atoms with E-state index in [9.17, 15) is 27.9 Å². The van der Waals surface area contributed by atoms with Crippen LogP contribution < -0.4 is 5.32 Å². The van der Waals surface area contributed by atoms with Gasteiger partial charge in [-0.1, -0.05) is 0 Å². The lowest BCUT2D eigenvalue weighted by Gasteiger charge is -2.19. The predicted octanol–water partition coefficient (Wildman–Crippen LogP) is 2.67. The van der Waals surface area contributed by atoms with Crippen molar-refractivity contribution in [3.05, 3.63) is 23.7 Å².